The average molecular weight is 576 g/mol. The number of anilines is 1. The first-order valence-electron chi connectivity index (χ1n) is 11.2. The zero-order valence-electron chi connectivity index (χ0n) is 19.4. The van der Waals surface area contributed by atoms with Gasteiger partial charge in [0, 0.05) is 19.2 Å². The van der Waals surface area contributed by atoms with Gasteiger partial charge in [0.2, 0.25) is 0 Å². The summed E-state index contributed by atoms with van der Waals surface area (Å²) in [5.74, 6) is 0. The van der Waals surface area contributed by atoms with Crippen molar-refractivity contribution in [1.29, 1.82) is 0 Å². The van der Waals surface area contributed by atoms with Gasteiger partial charge in [0.25, 0.3) is 5.34 Å². The lowest BCUT2D eigenvalue weighted by Crippen LogP contribution is -2.52. The van der Waals surface area contributed by atoms with Gasteiger partial charge < -0.3 is 39.5 Å². The van der Waals surface area contributed by atoms with Crippen molar-refractivity contribution in [2.45, 2.75) is 67.8 Å². The third-order valence-corrected chi connectivity index (χ3v) is 8.08. The highest BCUT2D eigenvalue weighted by molar-refractivity contribution is 7.53. The molecule has 1 saturated carbocycles. The molecule has 2 fully saturated rings. The number of nitrogens with one attached hydrogen (secondary N) is 1. The predicted molar refractivity (Wildman–Crippen MR) is 121 cm³/mol. The highest BCUT2D eigenvalue weighted by Crippen LogP contribution is 2.59. The third kappa shape index (κ3) is 5.31. The molecule has 1 aliphatic heterocycles. The number of pyridine rings is 1. The Morgan fingerprint density at radius 1 is 1.27 bits per heavy atom. The first kappa shape index (κ1) is 28.4. The van der Waals surface area contributed by atoms with E-state index in [0.29, 0.717) is 11.2 Å². The van der Waals surface area contributed by atoms with Crippen LogP contribution >= 0.6 is 19.2 Å². The molecule has 208 valence electrons. The number of alkyl halides is 3. The van der Waals surface area contributed by atoms with E-state index in [9.17, 15) is 37.7 Å². The summed E-state index contributed by atoms with van der Waals surface area (Å²) in [6, 6.07) is 1.76. The fourth-order valence-electron chi connectivity index (χ4n) is 4.48. The molecule has 37 heavy (non-hydrogen) atoms. The normalized spacial score (nSPS) is 27.2. The van der Waals surface area contributed by atoms with Gasteiger partial charge in [-0.15, -0.1) is 5.10 Å². The number of ether oxygens (including phenoxy) is 3. The minimum Gasteiger partial charge on any atom is -0.387 e. The van der Waals surface area contributed by atoms with Crippen molar-refractivity contribution < 1.29 is 51.9 Å². The van der Waals surface area contributed by atoms with Gasteiger partial charge in [-0.05, 0) is 12.8 Å². The van der Waals surface area contributed by atoms with Crippen molar-refractivity contribution in [3.8, 4) is 0 Å². The van der Waals surface area contributed by atoms with Crippen molar-refractivity contribution in [1.82, 2.24) is 20.0 Å². The van der Waals surface area contributed by atoms with Gasteiger partial charge in [-0.2, -0.15) is 17.9 Å². The third-order valence-electron chi connectivity index (χ3n) is 6.43. The van der Waals surface area contributed by atoms with Crippen LogP contribution in [0.4, 0.5) is 18.9 Å². The molecule has 2 aromatic heterocycles. The predicted octanol–water partition coefficient (Wildman–Crippen LogP) is 1.55. The second kappa shape index (κ2) is 10.5. The van der Waals surface area contributed by atoms with Crippen LogP contribution in [0.3, 0.4) is 0 Å². The molecule has 2 aliphatic rings. The fourth-order valence-corrected chi connectivity index (χ4v) is 5.54. The molecule has 5 atom stereocenters. The molecular formula is C19H26ClF3N5O8P. The molecule has 0 amide bonds. The van der Waals surface area contributed by atoms with Crippen LogP contribution in [0.5, 0.6) is 0 Å². The maximum atomic E-state index is 13.7. The van der Waals surface area contributed by atoms with Crippen molar-refractivity contribution in [2.24, 2.45) is 0 Å². The number of hydrogen-bond donors (Lipinski definition) is 5. The van der Waals surface area contributed by atoms with Crippen molar-refractivity contribution >= 4 is 36.0 Å². The summed E-state index contributed by atoms with van der Waals surface area (Å²) >= 11 is 6.17. The average Bonchev–Trinajstić information content (AvgIpc) is 3.51. The first-order valence-corrected chi connectivity index (χ1v) is 13.2. The molecular weight excluding hydrogens is 550 g/mol. The van der Waals surface area contributed by atoms with Gasteiger partial charge in [0.05, 0.1) is 18.9 Å². The number of aromatic nitrogens is 4. The molecule has 3 heterocycles. The Balaban J connectivity index is 1.58. The number of fused-ring (bicyclic) bond motifs is 1. The maximum absolute atomic E-state index is 13.7. The topological polar surface area (TPSA) is 181 Å². The van der Waals surface area contributed by atoms with Gasteiger partial charge in [0.15, 0.2) is 17.4 Å². The Morgan fingerprint density at radius 2 is 1.95 bits per heavy atom. The molecule has 1 unspecified atom stereocenters. The lowest BCUT2D eigenvalue weighted by molar-refractivity contribution is -0.267. The largest absolute Gasteiger partial charge is 0.431 e. The zero-order chi connectivity index (χ0) is 27.2. The first-order chi connectivity index (χ1) is 17.3. The highest BCUT2D eigenvalue weighted by atomic mass is 35.5. The van der Waals surface area contributed by atoms with E-state index in [4.69, 9.17) is 16.3 Å². The van der Waals surface area contributed by atoms with Gasteiger partial charge in [-0.3, -0.25) is 4.57 Å². The summed E-state index contributed by atoms with van der Waals surface area (Å²) in [7, 11) is -5.18. The van der Waals surface area contributed by atoms with Crippen LogP contribution in [0, 0.1) is 0 Å². The van der Waals surface area contributed by atoms with Gasteiger partial charge in [0.1, 0.15) is 23.5 Å². The van der Waals surface area contributed by atoms with Crippen LogP contribution in [0.25, 0.3) is 11.2 Å². The van der Waals surface area contributed by atoms with Crippen molar-refractivity contribution in [3.63, 3.8) is 0 Å². The molecule has 5 N–H and O–H groups in total. The maximum Gasteiger partial charge on any atom is 0.431 e. The van der Waals surface area contributed by atoms with E-state index in [1.54, 1.807) is 6.07 Å². The molecule has 0 bridgehead atoms. The Kier molecular flexibility index (Phi) is 8.06. The summed E-state index contributed by atoms with van der Waals surface area (Å²) in [5, 5.41) is 28.4. The fraction of sp³-hybridized carbons (Fsp3) is 0.737. The highest BCUT2D eigenvalue weighted by Gasteiger charge is 2.68. The summed E-state index contributed by atoms with van der Waals surface area (Å²) < 4.78 is 68.5. The van der Waals surface area contributed by atoms with E-state index >= 15 is 0 Å². The number of hydrogen-bond acceptors (Lipinski definition) is 10. The number of nitrogens with zero attached hydrogens (tertiary/aromatic N) is 4. The van der Waals surface area contributed by atoms with E-state index in [2.05, 4.69) is 30.1 Å². The van der Waals surface area contributed by atoms with E-state index in [1.165, 1.54) is 0 Å². The summed E-state index contributed by atoms with van der Waals surface area (Å²) in [6.45, 7) is -2.68. The lowest BCUT2D eigenvalue weighted by Gasteiger charge is -2.35. The standard InChI is InChI=1S/C19H26ClF3N5O8P/c1-34-8-18(19(21,22)23,37(31,32)33)35-7-11-14(29)15(30)17(36-11)28-16-13(26-27-28)10(6-12(20)25-16)24-9-4-2-3-5-9/h6,9,11,14-15,17,29-30H,2-5,7-8H2,1H3,(H,24,25)(H2,31,32,33)/t11-,14-,15-,17-,18?/m1/s1. The molecule has 2 aromatic rings. The van der Waals surface area contributed by atoms with E-state index in [0.717, 1.165) is 37.5 Å². The van der Waals surface area contributed by atoms with Crippen LogP contribution in [-0.2, 0) is 18.8 Å². The van der Waals surface area contributed by atoms with Crippen LogP contribution < -0.4 is 5.32 Å². The van der Waals surface area contributed by atoms with E-state index in [-0.39, 0.29) is 16.8 Å². The Labute approximate surface area is 213 Å². The van der Waals surface area contributed by atoms with Crippen LogP contribution in [0.15, 0.2) is 6.07 Å². The van der Waals surface area contributed by atoms with Gasteiger partial charge in [-0.25, -0.2) is 4.98 Å². The van der Waals surface area contributed by atoms with E-state index < -0.39 is 56.9 Å². The zero-order valence-corrected chi connectivity index (χ0v) is 21.0. The van der Waals surface area contributed by atoms with Crippen molar-refractivity contribution in [2.75, 3.05) is 25.6 Å². The smallest absolute Gasteiger partial charge is 0.387 e. The molecule has 1 saturated heterocycles. The number of methoxy groups -OCH3 is 1. The number of aliphatic hydroxyl groups is 2. The summed E-state index contributed by atoms with van der Waals surface area (Å²) in [4.78, 5) is 23.1. The number of aliphatic hydroxyl groups excluding tert-OH is 2. The summed E-state index contributed by atoms with van der Waals surface area (Å²) in [5.41, 5.74) is 0.904. The van der Waals surface area contributed by atoms with Gasteiger partial charge in [-0.1, -0.05) is 29.7 Å². The molecule has 18 heteroatoms. The Hall–Kier alpha value is -1.62. The quantitative estimate of drug-likeness (QED) is 0.215. The van der Waals surface area contributed by atoms with Gasteiger partial charge >= 0.3 is 13.8 Å². The van der Waals surface area contributed by atoms with Crippen LogP contribution in [0.2, 0.25) is 5.15 Å². The number of halogens is 4. The summed E-state index contributed by atoms with van der Waals surface area (Å²) in [6.07, 6.45) is -8.18. The molecule has 13 nitrogen and oxygen atoms in total. The van der Waals surface area contributed by atoms with Crippen LogP contribution in [0.1, 0.15) is 31.9 Å². The second-order valence-electron chi connectivity index (χ2n) is 8.94. The van der Waals surface area contributed by atoms with E-state index in [1.807, 2.05) is 0 Å². The second-order valence-corrected chi connectivity index (χ2v) is 11.1. The van der Waals surface area contributed by atoms with Crippen LogP contribution in [-0.4, -0.2) is 96.2 Å². The molecule has 0 spiro atoms. The Morgan fingerprint density at radius 3 is 2.54 bits per heavy atom. The number of rotatable bonds is 9. The monoisotopic (exact) mass is 575 g/mol. The molecule has 0 radical (unpaired) electrons. The molecule has 1 aliphatic carbocycles. The van der Waals surface area contributed by atoms with Crippen molar-refractivity contribution in [3.05, 3.63) is 11.2 Å². The lowest BCUT2D eigenvalue weighted by atomic mass is 10.1. The Bertz CT molecular complexity index is 1160. The molecule has 4 rings (SSSR count). The minimum atomic E-state index is -5.99. The minimum absolute atomic E-state index is 0.0700. The molecule has 0 aromatic carbocycles. The SMILES string of the molecule is COCC(OC[C@H]1O[C@@H](n2nnc3c(NC4CCCC4)cc(Cl)nc32)[C@H](O)[C@@H]1O)(C(F)(F)F)P(=O)(O)O.